The summed E-state index contributed by atoms with van der Waals surface area (Å²) in [6.07, 6.45) is 0. The molecule has 1 aromatic carbocycles. The minimum absolute atomic E-state index is 0.0156. The molecule has 1 nitrogen and oxygen atoms in total. The molecule has 0 radical (unpaired) electrons. The lowest BCUT2D eigenvalue weighted by atomic mass is 10.0. The minimum atomic E-state index is 0.0156. The standard InChI is InChI=1S/C12H13NS/c1-9-2-4-10(5-3-9)12(13)11-6-7-14-8-11/h2-8,12H,13H2,1H3/t12-/m0/s1. The monoisotopic (exact) mass is 203 g/mol. The van der Waals surface area contributed by atoms with E-state index in [4.69, 9.17) is 5.73 Å². The van der Waals surface area contributed by atoms with Crippen molar-refractivity contribution >= 4 is 11.3 Å². The molecule has 0 bridgehead atoms. The van der Waals surface area contributed by atoms with Gasteiger partial charge in [-0.25, -0.2) is 0 Å². The Bertz CT molecular complexity index is 389. The van der Waals surface area contributed by atoms with Crippen LogP contribution in [0.1, 0.15) is 22.7 Å². The topological polar surface area (TPSA) is 26.0 Å². The van der Waals surface area contributed by atoms with Crippen LogP contribution in [0.3, 0.4) is 0 Å². The van der Waals surface area contributed by atoms with Crippen LogP contribution in [-0.4, -0.2) is 0 Å². The second kappa shape index (κ2) is 3.95. The largest absolute Gasteiger partial charge is 0.320 e. The van der Waals surface area contributed by atoms with Crippen LogP contribution in [0.25, 0.3) is 0 Å². The molecule has 1 aromatic heterocycles. The average molecular weight is 203 g/mol. The summed E-state index contributed by atoms with van der Waals surface area (Å²) >= 11 is 1.69. The van der Waals surface area contributed by atoms with Gasteiger partial charge in [0.2, 0.25) is 0 Å². The highest BCUT2D eigenvalue weighted by molar-refractivity contribution is 7.08. The fourth-order valence-corrected chi connectivity index (χ4v) is 2.11. The van der Waals surface area contributed by atoms with Crippen LogP contribution >= 0.6 is 11.3 Å². The molecule has 2 N–H and O–H groups in total. The van der Waals surface area contributed by atoms with Gasteiger partial charge in [-0.3, -0.25) is 0 Å². The van der Waals surface area contributed by atoms with E-state index in [1.54, 1.807) is 11.3 Å². The maximum absolute atomic E-state index is 6.12. The van der Waals surface area contributed by atoms with E-state index in [-0.39, 0.29) is 6.04 Å². The van der Waals surface area contributed by atoms with Gasteiger partial charge in [-0.05, 0) is 34.9 Å². The summed E-state index contributed by atoms with van der Waals surface area (Å²) in [5.74, 6) is 0. The van der Waals surface area contributed by atoms with E-state index >= 15 is 0 Å². The third-order valence-electron chi connectivity index (χ3n) is 2.34. The third-order valence-corrected chi connectivity index (χ3v) is 3.04. The Kier molecular flexibility index (Phi) is 2.66. The van der Waals surface area contributed by atoms with Crippen molar-refractivity contribution in [1.29, 1.82) is 0 Å². The lowest BCUT2D eigenvalue weighted by Crippen LogP contribution is -2.10. The van der Waals surface area contributed by atoms with Crippen molar-refractivity contribution in [2.45, 2.75) is 13.0 Å². The smallest absolute Gasteiger partial charge is 0.0559 e. The van der Waals surface area contributed by atoms with Crippen molar-refractivity contribution in [2.24, 2.45) is 5.73 Å². The first-order valence-electron chi connectivity index (χ1n) is 4.61. The second-order valence-corrected chi connectivity index (χ2v) is 4.23. The van der Waals surface area contributed by atoms with E-state index in [2.05, 4.69) is 48.0 Å². The van der Waals surface area contributed by atoms with Gasteiger partial charge in [0, 0.05) is 0 Å². The summed E-state index contributed by atoms with van der Waals surface area (Å²) < 4.78 is 0. The van der Waals surface area contributed by atoms with Crippen LogP contribution < -0.4 is 5.73 Å². The molecule has 0 aliphatic carbocycles. The quantitative estimate of drug-likeness (QED) is 0.797. The highest BCUT2D eigenvalue weighted by Gasteiger charge is 2.07. The Labute approximate surface area is 88.2 Å². The van der Waals surface area contributed by atoms with E-state index in [0.29, 0.717) is 0 Å². The summed E-state index contributed by atoms with van der Waals surface area (Å²) in [7, 11) is 0. The number of nitrogens with two attached hydrogens (primary N) is 1. The molecule has 2 aromatic rings. The van der Waals surface area contributed by atoms with Gasteiger partial charge in [0.25, 0.3) is 0 Å². The highest BCUT2D eigenvalue weighted by Crippen LogP contribution is 2.21. The van der Waals surface area contributed by atoms with Gasteiger partial charge in [0.05, 0.1) is 6.04 Å². The van der Waals surface area contributed by atoms with Gasteiger partial charge in [0.1, 0.15) is 0 Å². The molecule has 0 amide bonds. The average Bonchev–Trinajstić information content (AvgIpc) is 2.71. The number of benzene rings is 1. The van der Waals surface area contributed by atoms with Gasteiger partial charge in [0.15, 0.2) is 0 Å². The molecule has 72 valence electrons. The van der Waals surface area contributed by atoms with Gasteiger partial charge < -0.3 is 5.73 Å². The highest BCUT2D eigenvalue weighted by atomic mass is 32.1. The fraction of sp³-hybridized carbons (Fsp3) is 0.167. The zero-order valence-electron chi connectivity index (χ0n) is 8.10. The Morgan fingerprint density at radius 2 is 1.79 bits per heavy atom. The van der Waals surface area contributed by atoms with Crippen molar-refractivity contribution in [2.75, 3.05) is 0 Å². The molecule has 0 aliphatic heterocycles. The molecule has 0 saturated carbocycles. The second-order valence-electron chi connectivity index (χ2n) is 3.45. The van der Waals surface area contributed by atoms with Gasteiger partial charge in [-0.2, -0.15) is 11.3 Å². The fourth-order valence-electron chi connectivity index (χ4n) is 1.42. The maximum atomic E-state index is 6.12. The maximum Gasteiger partial charge on any atom is 0.0559 e. The van der Waals surface area contributed by atoms with Crippen molar-refractivity contribution in [3.8, 4) is 0 Å². The summed E-state index contributed by atoms with van der Waals surface area (Å²) in [5.41, 5.74) is 9.76. The predicted molar refractivity (Wildman–Crippen MR) is 61.5 cm³/mol. The van der Waals surface area contributed by atoms with Crippen LogP contribution in [-0.2, 0) is 0 Å². The molecule has 2 heteroatoms. The number of thiophene rings is 1. The predicted octanol–water partition coefficient (Wildman–Crippen LogP) is 3.10. The van der Waals surface area contributed by atoms with E-state index in [1.165, 1.54) is 16.7 Å². The van der Waals surface area contributed by atoms with Crippen LogP contribution in [0.2, 0.25) is 0 Å². The Hall–Kier alpha value is -1.12. The number of rotatable bonds is 2. The third kappa shape index (κ3) is 1.86. The molecular weight excluding hydrogens is 190 g/mol. The first kappa shape index (κ1) is 9.44. The molecule has 14 heavy (non-hydrogen) atoms. The lowest BCUT2D eigenvalue weighted by Gasteiger charge is -2.10. The van der Waals surface area contributed by atoms with Gasteiger partial charge >= 0.3 is 0 Å². The molecule has 1 atom stereocenters. The molecule has 0 aliphatic rings. The van der Waals surface area contributed by atoms with E-state index in [0.717, 1.165) is 0 Å². The summed E-state index contributed by atoms with van der Waals surface area (Å²) in [5, 5.41) is 4.16. The summed E-state index contributed by atoms with van der Waals surface area (Å²) in [4.78, 5) is 0. The van der Waals surface area contributed by atoms with Crippen molar-refractivity contribution < 1.29 is 0 Å². The number of hydrogen-bond donors (Lipinski definition) is 1. The Morgan fingerprint density at radius 3 is 2.36 bits per heavy atom. The molecular formula is C12H13NS. The van der Waals surface area contributed by atoms with Crippen LogP contribution in [0.4, 0.5) is 0 Å². The van der Waals surface area contributed by atoms with Gasteiger partial charge in [-0.15, -0.1) is 0 Å². The molecule has 0 spiro atoms. The van der Waals surface area contributed by atoms with Gasteiger partial charge in [-0.1, -0.05) is 29.8 Å². The van der Waals surface area contributed by atoms with Crippen molar-refractivity contribution in [1.82, 2.24) is 0 Å². The van der Waals surface area contributed by atoms with E-state index < -0.39 is 0 Å². The molecule has 0 unspecified atom stereocenters. The summed E-state index contributed by atoms with van der Waals surface area (Å²) in [6, 6.07) is 10.5. The zero-order valence-corrected chi connectivity index (χ0v) is 8.92. The van der Waals surface area contributed by atoms with Crippen LogP contribution in [0.5, 0.6) is 0 Å². The molecule has 0 fully saturated rings. The summed E-state index contributed by atoms with van der Waals surface area (Å²) in [6.45, 7) is 2.08. The molecule has 0 saturated heterocycles. The number of aryl methyl sites for hydroxylation is 1. The van der Waals surface area contributed by atoms with Crippen molar-refractivity contribution in [3.63, 3.8) is 0 Å². The van der Waals surface area contributed by atoms with E-state index in [1.807, 2.05) is 0 Å². The van der Waals surface area contributed by atoms with E-state index in [9.17, 15) is 0 Å². The Morgan fingerprint density at radius 1 is 1.07 bits per heavy atom. The Balaban J connectivity index is 2.28. The van der Waals surface area contributed by atoms with Crippen molar-refractivity contribution in [3.05, 3.63) is 57.8 Å². The molecule has 2 rings (SSSR count). The lowest BCUT2D eigenvalue weighted by molar-refractivity contribution is 0.876. The zero-order chi connectivity index (χ0) is 9.97. The SMILES string of the molecule is Cc1ccc([C@H](N)c2ccsc2)cc1. The van der Waals surface area contributed by atoms with Crippen LogP contribution in [0.15, 0.2) is 41.1 Å². The first-order chi connectivity index (χ1) is 6.77. The number of hydrogen-bond acceptors (Lipinski definition) is 2. The first-order valence-corrected chi connectivity index (χ1v) is 5.56. The normalized spacial score (nSPS) is 12.7. The molecule has 1 heterocycles. The van der Waals surface area contributed by atoms with Crippen LogP contribution in [0, 0.1) is 6.92 Å². The minimum Gasteiger partial charge on any atom is -0.320 e.